The van der Waals surface area contributed by atoms with Crippen LogP contribution in [0.15, 0.2) is 173 Å². The van der Waals surface area contributed by atoms with Crippen molar-refractivity contribution in [3.63, 3.8) is 0 Å². The largest absolute Gasteiger partial charge is 0.456 e. The van der Waals surface area contributed by atoms with Gasteiger partial charge < -0.3 is 13.9 Å². The number of hydrogen-bond acceptors (Lipinski definition) is 13. The van der Waals surface area contributed by atoms with E-state index in [0.29, 0.717) is 22.2 Å². The van der Waals surface area contributed by atoms with Gasteiger partial charge in [0.25, 0.3) is 51.6 Å². The lowest BCUT2D eigenvalue weighted by atomic mass is 9.91. The zero-order valence-electron chi connectivity index (χ0n) is 40.1. The molecule has 0 atom stereocenters. The molecule has 0 fully saturated rings. The number of hydrogen-bond donors (Lipinski definition) is 4. The fourth-order valence-electron chi connectivity index (χ4n) is 9.42. The molecule has 0 aliphatic rings. The van der Waals surface area contributed by atoms with Crippen molar-refractivity contribution in [2.75, 3.05) is 0 Å². The van der Waals surface area contributed by atoms with E-state index in [-0.39, 0.29) is 95.2 Å². The van der Waals surface area contributed by atoms with E-state index < -0.39 is 71.2 Å². The number of pyridine rings is 1. The van der Waals surface area contributed by atoms with Crippen LogP contribution >= 0.6 is 0 Å². The van der Waals surface area contributed by atoms with Gasteiger partial charge in [0, 0.05) is 32.7 Å². The van der Waals surface area contributed by atoms with Crippen molar-refractivity contribution in [3.8, 4) is 50.9 Å². The van der Waals surface area contributed by atoms with Gasteiger partial charge in [-0.3, -0.25) is 27.8 Å². The first-order valence-electron chi connectivity index (χ1n) is 22.9. The molecule has 10 aromatic rings. The Morgan fingerprint density at radius 1 is 0.434 bits per heavy atom. The minimum absolute atomic E-state index is 0.00245. The molecule has 18 nitrogen and oxygen atoms in total. The van der Waals surface area contributed by atoms with Gasteiger partial charge in [0.2, 0.25) is 0 Å². The molecule has 4 N–H and O–H groups in total. The Morgan fingerprint density at radius 3 is 1.30 bits per heavy atom. The molecule has 10 rings (SSSR count). The van der Waals surface area contributed by atoms with Crippen molar-refractivity contribution in [2.45, 2.75) is 59.1 Å². The Morgan fingerprint density at radius 2 is 0.855 bits per heavy atom. The zero-order valence-corrected chi connectivity index (χ0v) is 43.4. The molecule has 0 saturated heterocycles. The van der Waals surface area contributed by atoms with Crippen LogP contribution < -0.4 is 20.6 Å². The standard InChI is InChI=1S/C54H41NO17S4/c1-28(2)36-9-7-10-37(29(3)4)51(36)55-53(56)41-26-46(70-44-22-20-34(75(64,65)66)24-39(44)30-12-16-32(17-13-30)73(58,59)60)49-38-8-5-6-11-43(38)72-52-47(27-42(54(55)57)48(41)50(49)52)71-45-23-21-35(76(67,68)69)25-40(45)31-14-18-33(19-15-31)74(61,62)63/h5-29H,1-4H3,(H,58,59,60)(H,61,62,63)(H,64,65,66)(H,67,68,69). The second-order valence-electron chi connectivity index (χ2n) is 18.4. The van der Waals surface area contributed by atoms with Crippen LogP contribution in [0.2, 0.25) is 0 Å². The Bertz CT molecular complexity index is 4610. The zero-order chi connectivity index (χ0) is 54.6. The summed E-state index contributed by atoms with van der Waals surface area (Å²) in [5, 5.41) is 0.722. The molecule has 76 heavy (non-hydrogen) atoms. The van der Waals surface area contributed by atoms with Gasteiger partial charge >= 0.3 is 0 Å². The predicted octanol–water partition coefficient (Wildman–Crippen LogP) is 11.0. The molecular formula is C54H41NO17S4. The molecule has 0 spiro atoms. The van der Waals surface area contributed by atoms with Gasteiger partial charge in [0.1, 0.15) is 22.8 Å². The second kappa shape index (κ2) is 18.5. The Kier molecular flexibility index (Phi) is 12.6. The highest BCUT2D eigenvalue weighted by molar-refractivity contribution is 7.86. The Labute approximate surface area is 433 Å². The number of fused-ring (bicyclic) bond motifs is 2. The van der Waals surface area contributed by atoms with Gasteiger partial charge in [-0.25, -0.2) is 4.57 Å². The molecule has 0 amide bonds. The topological polar surface area (TPSA) is 288 Å². The van der Waals surface area contributed by atoms with Crippen molar-refractivity contribution in [1.82, 2.24) is 4.57 Å². The SMILES string of the molecule is CC(C)c1cccc(C(C)C)c1-n1c(=O)c2cc(Oc3ccc(S(=O)(=O)O)cc3-c3ccc(S(=O)(=O)O)cc3)c3oc4ccccc4c4c(Oc5ccc(S(=O)(=O)O)cc5-c5ccc(S(=O)(=O)O)cc5)cc(c1=O)c2c34. The highest BCUT2D eigenvalue weighted by Gasteiger charge is 2.30. The summed E-state index contributed by atoms with van der Waals surface area (Å²) in [6, 6.07) is 31.0. The summed E-state index contributed by atoms with van der Waals surface area (Å²) in [7, 11) is -19.0. The van der Waals surface area contributed by atoms with E-state index in [2.05, 4.69) is 0 Å². The first kappa shape index (κ1) is 51.7. The Balaban J connectivity index is 1.34. The monoisotopic (exact) mass is 1100 g/mol. The average Bonchev–Trinajstić information content (AvgIpc) is 3.43. The highest BCUT2D eigenvalue weighted by atomic mass is 32.2. The third kappa shape index (κ3) is 9.17. The number of aromatic nitrogens is 1. The number of nitrogens with zero attached hydrogens (tertiary/aromatic N) is 1. The van der Waals surface area contributed by atoms with Gasteiger partial charge in [-0.15, -0.1) is 0 Å². The molecule has 0 unspecified atom stereocenters. The average molecular weight is 1100 g/mol. The normalized spacial score (nSPS) is 12.7. The van der Waals surface area contributed by atoms with Crippen molar-refractivity contribution < 1.29 is 65.8 Å². The summed E-state index contributed by atoms with van der Waals surface area (Å²) in [6.07, 6.45) is 0. The van der Waals surface area contributed by atoms with Crippen molar-refractivity contribution in [3.05, 3.63) is 171 Å². The number of benzene rings is 8. The molecule has 8 aromatic carbocycles. The predicted molar refractivity (Wildman–Crippen MR) is 283 cm³/mol. The van der Waals surface area contributed by atoms with Crippen molar-refractivity contribution >= 4 is 84.0 Å². The Hall–Kier alpha value is -7.80. The maximum absolute atomic E-state index is 15.6. The first-order valence-corrected chi connectivity index (χ1v) is 28.7. The number of ether oxygens (including phenoxy) is 2. The van der Waals surface area contributed by atoms with Crippen LogP contribution in [0.5, 0.6) is 23.0 Å². The minimum Gasteiger partial charge on any atom is -0.456 e. The van der Waals surface area contributed by atoms with Crippen LogP contribution in [-0.4, -0.2) is 56.4 Å². The van der Waals surface area contributed by atoms with Gasteiger partial charge in [-0.1, -0.05) is 88.4 Å². The van der Waals surface area contributed by atoms with E-state index in [9.17, 15) is 51.9 Å². The summed E-state index contributed by atoms with van der Waals surface area (Å²) < 4.78 is 159. The third-order valence-corrected chi connectivity index (χ3v) is 16.4. The van der Waals surface area contributed by atoms with Crippen LogP contribution in [0.3, 0.4) is 0 Å². The lowest BCUT2D eigenvalue weighted by Gasteiger charge is -2.23. The van der Waals surface area contributed by atoms with Crippen LogP contribution in [0, 0.1) is 0 Å². The number of rotatable bonds is 13. The van der Waals surface area contributed by atoms with Gasteiger partial charge in [-0.05, 0) is 113 Å². The van der Waals surface area contributed by atoms with Crippen LogP contribution in [-0.2, 0) is 40.5 Å². The molecular weight excluding hydrogens is 1060 g/mol. The summed E-state index contributed by atoms with van der Waals surface area (Å²) in [4.78, 5) is 29.0. The van der Waals surface area contributed by atoms with Crippen molar-refractivity contribution in [1.29, 1.82) is 0 Å². The fraction of sp³-hybridized carbons (Fsp3) is 0.111. The molecule has 0 aliphatic heterocycles. The maximum Gasteiger partial charge on any atom is 0.294 e. The minimum atomic E-state index is -4.86. The molecule has 2 aromatic heterocycles. The van der Waals surface area contributed by atoms with Crippen LogP contribution in [0.4, 0.5) is 0 Å². The summed E-state index contributed by atoms with van der Waals surface area (Å²) >= 11 is 0. The third-order valence-electron chi connectivity index (χ3n) is 13.0. The lowest BCUT2D eigenvalue weighted by molar-refractivity contribution is 0.474. The van der Waals surface area contributed by atoms with E-state index in [1.165, 1.54) is 48.5 Å². The highest BCUT2D eigenvalue weighted by Crippen LogP contribution is 2.49. The second-order valence-corrected chi connectivity index (χ2v) is 24.1. The van der Waals surface area contributed by atoms with Crippen molar-refractivity contribution in [2.24, 2.45) is 0 Å². The quantitative estimate of drug-likeness (QED) is 0.0474. The fourth-order valence-corrected chi connectivity index (χ4v) is 11.4. The van der Waals surface area contributed by atoms with Crippen LogP contribution in [0.1, 0.15) is 50.7 Å². The van der Waals surface area contributed by atoms with E-state index in [1.807, 2.05) is 45.9 Å². The molecule has 22 heteroatoms. The summed E-state index contributed by atoms with van der Waals surface area (Å²) in [5.74, 6) is -0.838. The lowest BCUT2D eigenvalue weighted by Crippen LogP contribution is -2.34. The summed E-state index contributed by atoms with van der Waals surface area (Å²) in [6.45, 7) is 7.65. The van der Waals surface area contributed by atoms with E-state index in [4.69, 9.17) is 13.9 Å². The molecule has 0 saturated carbocycles. The van der Waals surface area contributed by atoms with E-state index >= 15 is 9.59 Å². The van der Waals surface area contributed by atoms with Gasteiger partial charge in [0.05, 0.1) is 36.0 Å². The van der Waals surface area contributed by atoms with Crippen LogP contribution in [0.25, 0.3) is 71.4 Å². The van der Waals surface area contributed by atoms with E-state index in [1.54, 1.807) is 24.3 Å². The molecule has 0 bridgehead atoms. The van der Waals surface area contributed by atoms with Gasteiger partial charge in [0.15, 0.2) is 11.3 Å². The number of para-hydroxylation sites is 2. The van der Waals surface area contributed by atoms with E-state index in [0.717, 1.165) is 53.1 Å². The first-order chi connectivity index (χ1) is 35.7. The van der Waals surface area contributed by atoms with Gasteiger partial charge in [-0.2, -0.15) is 33.7 Å². The smallest absolute Gasteiger partial charge is 0.294 e. The molecule has 388 valence electrons. The molecule has 2 heterocycles. The molecule has 0 aliphatic carbocycles. The maximum atomic E-state index is 15.6. The molecule has 0 radical (unpaired) electrons. The summed E-state index contributed by atoms with van der Waals surface area (Å²) in [5.41, 5.74) is 0.562.